The number of benzene rings is 1. The molecule has 3 unspecified atom stereocenters. The minimum absolute atomic E-state index is 0.0445. The maximum Gasteiger partial charge on any atom is 0.250 e. The van der Waals surface area contributed by atoms with E-state index in [4.69, 9.17) is 5.73 Å². The molecule has 2 fully saturated rings. The number of likely N-dealkylation sites (tertiary alicyclic amines) is 1. The summed E-state index contributed by atoms with van der Waals surface area (Å²) < 4.78 is 2.08. The van der Waals surface area contributed by atoms with Crippen LogP contribution in [0.2, 0.25) is 0 Å². The van der Waals surface area contributed by atoms with Gasteiger partial charge in [-0.25, -0.2) is 0 Å². The molecule has 2 amide bonds. The van der Waals surface area contributed by atoms with Crippen LogP contribution in [0.25, 0.3) is 10.9 Å². The summed E-state index contributed by atoms with van der Waals surface area (Å²) in [5, 5.41) is 3.90. The van der Waals surface area contributed by atoms with Crippen LogP contribution in [-0.2, 0) is 16.1 Å². The summed E-state index contributed by atoms with van der Waals surface area (Å²) in [6.07, 6.45) is 9.57. The first-order valence-corrected chi connectivity index (χ1v) is 13.2. The SMILES string of the molecule is CNC(C)C(=O)CC(C(=O)N1CCCC1Cn1cc(C(N)=O)c2cc(C)ccc21)C1CCCCC1. The van der Waals surface area contributed by atoms with Crippen LogP contribution in [0.1, 0.15) is 74.2 Å². The number of hydrogen-bond acceptors (Lipinski definition) is 4. The number of nitrogens with one attached hydrogen (secondary N) is 1. The topological polar surface area (TPSA) is 97.4 Å². The van der Waals surface area contributed by atoms with E-state index in [9.17, 15) is 14.4 Å². The molecule has 1 aliphatic heterocycles. The van der Waals surface area contributed by atoms with E-state index < -0.39 is 5.91 Å². The maximum absolute atomic E-state index is 14.0. The molecule has 7 nitrogen and oxygen atoms in total. The number of carbonyl (C=O) groups is 3. The van der Waals surface area contributed by atoms with Crippen LogP contribution in [-0.4, -0.2) is 52.7 Å². The Morgan fingerprint density at radius 2 is 1.86 bits per heavy atom. The number of nitrogens with two attached hydrogens (primary N) is 1. The second kappa shape index (κ2) is 10.9. The van der Waals surface area contributed by atoms with Gasteiger partial charge >= 0.3 is 0 Å². The summed E-state index contributed by atoms with van der Waals surface area (Å²) in [4.78, 5) is 41.0. The van der Waals surface area contributed by atoms with Crippen LogP contribution >= 0.6 is 0 Å². The van der Waals surface area contributed by atoms with Gasteiger partial charge in [-0.05, 0) is 64.6 Å². The van der Waals surface area contributed by atoms with E-state index >= 15 is 0 Å². The fourth-order valence-corrected chi connectivity index (χ4v) is 6.06. The lowest BCUT2D eigenvalue weighted by Gasteiger charge is -2.35. The van der Waals surface area contributed by atoms with E-state index in [-0.39, 0.29) is 35.6 Å². The largest absolute Gasteiger partial charge is 0.366 e. The van der Waals surface area contributed by atoms with Gasteiger partial charge < -0.3 is 20.5 Å². The molecule has 0 bridgehead atoms. The molecule has 1 aromatic carbocycles. The molecule has 190 valence electrons. The normalized spacial score (nSPS) is 20.8. The molecule has 2 heterocycles. The Bertz CT molecular complexity index is 1090. The third-order valence-corrected chi connectivity index (χ3v) is 8.24. The summed E-state index contributed by atoms with van der Waals surface area (Å²) in [5.74, 6) is -0.149. The summed E-state index contributed by atoms with van der Waals surface area (Å²) in [6, 6.07) is 5.86. The highest BCUT2D eigenvalue weighted by atomic mass is 16.2. The zero-order valence-corrected chi connectivity index (χ0v) is 21.4. The molecule has 4 rings (SSSR count). The molecule has 2 aromatic rings. The van der Waals surface area contributed by atoms with Gasteiger partial charge in [0.2, 0.25) is 5.91 Å². The molecule has 3 atom stereocenters. The van der Waals surface area contributed by atoms with Crippen LogP contribution in [0.4, 0.5) is 0 Å². The molecule has 1 aromatic heterocycles. The van der Waals surface area contributed by atoms with Crippen molar-refractivity contribution in [3.05, 3.63) is 35.5 Å². The number of Topliss-reactive ketones (excluding diaryl/α,β-unsaturated/α-hetero) is 1. The summed E-state index contributed by atoms with van der Waals surface area (Å²) >= 11 is 0. The first-order chi connectivity index (χ1) is 16.8. The van der Waals surface area contributed by atoms with Crippen molar-refractivity contribution in [2.75, 3.05) is 13.6 Å². The van der Waals surface area contributed by atoms with Crippen LogP contribution in [0.3, 0.4) is 0 Å². The lowest BCUT2D eigenvalue weighted by Crippen LogP contribution is -2.45. The van der Waals surface area contributed by atoms with Crippen LogP contribution in [0.5, 0.6) is 0 Å². The lowest BCUT2D eigenvalue weighted by atomic mass is 9.76. The highest BCUT2D eigenvalue weighted by molar-refractivity contribution is 6.06. The number of carbonyl (C=O) groups excluding carboxylic acids is 3. The molecule has 7 heteroatoms. The number of primary amides is 1. The van der Waals surface area contributed by atoms with Crippen LogP contribution in [0.15, 0.2) is 24.4 Å². The fourth-order valence-electron chi connectivity index (χ4n) is 6.06. The van der Waals surface area contributed by atoms with Crippen molar-refractivity contribution < 1.29 is 14.4 Å². The van der Waals surface area contributed by atoms with Crippen molar-refractivity contribution >= 4 is 28.5 Å². The molecule has 1 aliphatic carbocycles. The molecular weight excluding hydrogens is 440 g/mol. The molecule has 1 saturated carbocycles. The van der Waals surface area contributed by atoms with Crippen molar-refractivity contribution in [2.24, 2.45) is 17.6 Å². The van der Waals surface area contributed by atoms with E-state index in [0.717, 1.165) is 61.5 Å². The first-order valence-electron chi connectivity index (χ1n) is 13.2. The van der Waals surface area contributed by atoms with Gasteiger partial charge in [-0.1, -0.05) is 30.9 Å². The smallest absolute Gasteiger partial charge is 0.250 e. The number of hydrogen-bond donors (Lipinski definition) is 2. The van der Waals surface area contributed by atoms with Gasteiger partial charge in [-0.3, -0.25) is 14.4 Å². The van der Waals surface area contributed by atoms with E-state index in [1.165, 1.54) is 6.42 Å². The Balaban J connectivity index is 1.58. The standard InChI is InChI=1S/C28H40N4O3/c1-18-11-12-25-23(14-18)24(27(29)34)17-31(25)16-21-10-7-13-32(21)28(35)22(15-26(33)19(2)30-3)20-8-5-4-6-9-20/h11-12,14,17,19-22,30H,4-10,13,15-16H2,1-3H3,(H2,29,34). The Hall–Kier alpha value is -2.67. The average Bonchev–Trinajstić information content (AvgIpc) is 3.46. The molecule has 1 saturated heterocycles. The highest BCUT2D eigenvalue weighted by Crippen LogP contribution is 2.35. The van der Waals surface area contributed by atoms with Crippen molar-refractivity contribution in [2.45, 2.75) is 83.8 Å². The van der Waals surface area contributed by atoms with E-state index in [1.54, 1.807) is 7.05 Å². The Morgan fingerprint density at radius 3 is 2.54 bits per heavy atom. The lowest BCUT2D eigenvalue weighted by molar-refractivity contribution is -0.141. The number of ketones is 1. The van der Waals surface area contributed by atoms with Gasteiger partial charge in [0.25, 0.3) is 5.91 Å². The Labute approximate surface area is 208 Å². The van der Waals surface area contributed by atoms with Crippen molar-refractivity contribution in [1.29, 1.82) is 0 Å². The van der Waals surface area contributed by atoms with Crippen molar-refractivity contribution in [3.8, 4) is 0 Å². The number of fused-ring (bicyclic) bond motifs is 1. The molecule has 3 N–H and O–H groups in total. The molecular formula is C28H40N4O3. The van der Waals surface area contributed by atoms with Gasteiger partial charge in [0.15, 0.2) is 0 Å². The zero-order chi connectivity index (χ0) is 25.1. The summed E-state index contributed by atoms with van der Waals surface area (Å²) in [6.45, 7) is 5.22. The number of aryl methyl sites for hydroxylation is 1. The predicted molar refractivity (Wildman–Crippen MR) is 138 cm³/mol. The molecule has 35 heavy (non-hydrogen) atoms. The number of aromatic nitrogens is 1. The first kappa shape index (κ1) is 25.4. The van der Waals surface area contributed by atoms with E-state index in [2.05, 4.69) is 9.88 Å². The highest BCUT2D eigenvalue weighted by Gasteiger charge is 2.39. The van der Waals surface area contributed by atoms with E-state index in [1.807, 2.05) is 43.1 Å². The van der Waals surface area contributed by atoms with Crippen molar-refractivity contribution in [3.63, 3.8) is 0 Å². The van der Waals surface area contributed by atoms with Gasteiger partial charge in [-0.15, -0.1) is 0 Å². The monoisotopic (exact) mass is 480 g/mol. The molecule has 0 spiro atoms. The average molecular weight is 481 g/mol. The third kappa shape index (κ3) is 5.45. The quantitative estimate of drug-likeness (QED) is 0.570. The third-order valence-electron chi connectivity index (χ3n) is 8.24. The maximum atomic E-state index is 14.0. The number of nitrogens with zero attached hydrogens (tertiary/aromatic N) is 2. The minimum Gasteiger partial charge on any atom is -0.366 e. The van der Waals surface area contributed by atoms with Gasteiger partial charge in [0.05, 0.1) is 11.6 Å². The number of amides is 2. The van der Waals surface area contributed by atoms with Gasteiger partial charge in [0.1, 0.15) is 5.78 Å². The second-order valence-corrected chi connectivity index (χ2v) is 10.6. The van der Waals surface area contributed by atoms with Gasteiger partial charge in [0, 0.05) is 48.6 Å². The number of rotatable bonds is 9. The predicted octanol–water partition coefficient (Wildman–Crippen LogP) is 3.80. The van der Waals surface area contributed by atoms with Crippen molar-refractivity contribution in [1.82, 2.24) is 14.8 Å². The van der Waals surface area contributed by atoms with Gasteiger partial charge in [-0.2, -0.15) is 0 Å². The molecule has 0 radical (unpaired) electrons. The summed E-state index contributed by atoms with van der Waals surface area (Å²) in [5.41, 5.74) is 8.24. The fraction of sp³-hybridized carbons (Fsp3) is 0.607. The Morgan fingerprint density at radius 1 is 1.11 bits per heavy atom. The minimum atomic E-state index is -0.437. The Kier molecular flexibility index (Phi) is 7.95. The number of likely N-dealkylation sites (N-methyl/N-ethyl adjacent to an activating group) is 1. The zero-order valence-electron chi connectivity index (χ0n) is 21.4. The summed E-state index contributed by atoms with van der Waals surface area (Å²) in [7, 11) is 1.79. The van der Waals surface area contributed by atoms with Crippen LogP contribution in [0, 0.1) is 18.8 Å². The second-order valence-electron chi connectivity index (χ2n) is 10.6. The van der Waals surface area contributed by atoms with E-state index in [0.29, 0.717) is 18.5 Å². The van der Waals surface area contributed by atoms with Crippen LogP contribution < -0.4 is 11.1 Å². The molecule has 2 aliphatic rings.